The molecule has 1 aromatic rings. The normalized spacial score (nSPS) is 34.3. The van der Waals surface area contributed by atoms with Crippen LogP contribution in [0.5, 0.6) is 0 Å². The van der Waals surface area contributed by atoms with E-state index in [1.807, 2.05) is 6.26 Å². The van der Waals surface area contributed by atoms with Crippen molar-refractivity contribution in [1.29, 1.82) is 0 Å². The van der Waals surface area contributed by atoms with Gasteiger partial charge in [-0.1, -0.05) is 0 Å². The van der Waals surface area contributed by atoms with Gasteiger partial charge in [-0.25, -0.2) is 0 Å². The van der Waals surface area contributed by atoms with E-state index in [1.165, 1.54) is 24.8 Å². The standard InChI is InChI=1S/C16H23NO3/c1-2-12(1)11-20-15-4-3-14-16(15)19-8-6-17(14)9-13-5-7-18-10-13/h5,7,10,12,14-16H,1-4,6,8-9,11H2/t14-,15-,16+/m1/s1. The number of morpholine rings is 1. The summed E-state index contributed by atoms with van der Waals surface area (Å²) in [4.78, 5) is 2.54. The summed E-state index contributed by atoms with van der Waals surface area (Å²) >= 11 is 0. The van der Waals surface area contributed by atoms with Gasteiger partial charge < -0.3 is 13.9 Å². The van der Waals surface area contributed by atoms with Crippen LogP contribution in [0.1, 0.15) is 31.2 Å². The van der Waals surface area contributed by atoms with Crippen LogP contribution in [0.25, 0.3) is 0 Å². The Morgan fingerprint density at radius 2 is 2.20 bits per heavy atom. The topological polar surface area (TPSA) is 34.8 Å². The summed E-state index contributed by atoms with van der Waals surface area (Å²) in [5.41, 5.74) is 1.26. The van der Waals surface area contributed by atoms with Crippen molar-refractivity contribution in [1.82, 2.24) is 4.90 Å². The lowest BCUT2D eigenvalue weighted by Gasteiger charge is -2.38. The third-order valence-corrected chi connectivity index (χ3v) is 4.86. The minimum absolute atomic E-state index is 0.273. The van der Waals surface area contributed by atoms with Crippen LogP contribution < -0.4 is 0 Å². The molecule has 4 heteroatoms. The van der Waals surface area contributed by atoms with Crippen molar-refractivity contribution in [3.63, 3.8) is 0 Å². The molecule has 2 aliphatic carbocycles. The lowest BCUT2D eigenvalue weighted by atomic mass is 10.1. The second kappa shape index (κ2) is 5.51. The molecule has 3 fully saturated rings. The monoisotopic (exact) mass is 277 g/mol. The first kappa shape index (κ1) is 12.9. The Kier molecular flexibility index (Phi) is 3.54. The fourth-order valence-corrected chi connectivity index (χ4v) is 3.53. The molecule has 4 nitrogen and oxygen atoms in total. The number of fused-ring (bicyclic) bond motifs is 1. The molecule has 20 heavy (non-hydrogen) atoms. The van der Waals surface area contributed by atoms with Gasteiger partial charge in [0.15, 0.2) is 0 Å². The SMILES string of the molecule is c1cc(CN2CCO[C@H]3[C@H]2CC[C@H]3OCC2CC2)co1. The van der Waals surface area contributed by atoms with Crippen LogP contribution in [0.2, 0.25) is 0 Å². The van der Waals surface area contributed by atoms with Gasteiger partial charge in [-0.05, 0) is 37.7 Å². The highest BCUT2D eigenvalue weighted by Crippen LogP contribution is 2.35. The van der Waals surface area contributed by atoms with E-state index in [9.17, 15) is 0 Å². The zero-order valence-electron chi connectivity index (χ0n) is 11.9. The third-order valence-electron chi connectivity index (χ3n) is 4.86. The Bertz CT molecular complexity index is 429. The molecule has 1 saturated heterocycles. The summed E-state index contributed by atoms with van der Waals surface area (Å²) in [6.45, 7) is 3.75. The first-order valence-electron chi connectivity index (χ1n) is 7.88. The highest BCUT2D eigenvalue weighted by molar-refractivity contribution is 5.07. The number of furan rings is 1. The Balaban J connectivity index is 1.37. The fourth-order valence-electron chi connectivity index (χ4n) is 3.53. The summed E-state index contributed by atoms with van der Waals surface area (Å²) in [6, 6.07) is 2.57. The first-order valence-corrected chi connectivity index (χ1v) is 7.88. The molecule has 0 amide bonds. The first-order chi connectivity index (χ1) is 9.90. The molecule has 3 aliphatic rings. The molecule has 0 radical (unpaired) electrons. The van der Waals surface area contributed by atoms with E-state index in [-0.39, 0.29) is 6.10 Å². The van der Waals surface area contributed by atoms with Crippen LogP contribution in [0, 0.1) is 5.92 Å². The molecule has 110 valence electrons. The van der Waals surface area contributed by atoms with Crippen LogP contribution in [0.15, 0.2) is 23.0 Å². The van der Waals surface area contributed by atoms with Gasteiger partial charge in [0.25, 0.3) is 0 Å². The molecule has 0 N–H and O–H groups in total. The summed E-state index contributed by atoms with van der Waals surface area (Å²) in [7, 11) is 0. The lowest BCUT2D eigenvalue weighted by Crippen LogP contribution is -2.51. The quantitative estimate of drug-likeness (QED) is 0.828. The van der Waals surface area contributed by atoms with E-state index >= 15 is 0 Å². The smallest absolute Gasteiger partial charge is 0.0992 e. The molecule has 0 spiro atoms. The predicted molar refractivity (Wildman–Crippen MR) is 74.3 cm³/mol. The van der Waals surface area contributed by atoms with Gasteiger partial charge in [0, 0.05) is 31.3 Å². The van der Waals surface area contributed by atoms with Crippen molar-refractivity contribution in [3.05, 3.63) is 24.2 Å². The lowest BCUT2D eigenvalue weighted by molar-refractivity contribution is -0.116. The zero-order chi connectivity index (χ0) is 13.4. The molecule has 3 atom stereocenters. The van der Waals surface area contributed by atoms with Gasteiger partial charge in [-0.3, -0.25) is 4.90 Å². The average molecular weight is 277 g/mol. The molecular formula is C16H23NO3. The van der Waals surface area contributed by atoms with Crippen molar-refractivity contribution in [2.75, 3.05) is 19.8 Å². The number of hydrogen-bond acceptors (Lipinski definition) is 4. The Morgan fingerprint density at radius 3 is 3.00 bits per heavy atom. The molecule has 0 aromatic carbocycles. The van der Waals surface area contributed by atoms with Crippen LogP contribution >= 0.6 is 0 Å². The van der Waals surface area contributed by atoms with Gasteiger partial charge >= 0.3 is 0 Å². The van der Waals surface area contributed by atoms with Gasteiger partial charge in [-0.15, -0.1) is 0 Å². The largest absolute Gasteiger partial charge is 0.472 e. The number of ether oxygens (including phenoxy) is 2. The van der Waals surface area contributed by atoms with E-state index < -0.39 is 0 Å². The number of hydrogen-bond donors (Lipinski definition) is 0. The summed E-state index contributed by atoms with van der Waals surface area (Å²) in [5.74, 6) is 0.833. The molecule has 2 saturated carbocycles. The minimum Gasteiger partial charge on any atom is -0.472 e. The molecule has 0 bridgehead atoms. The predicted octanol–water partition coefficient (Wildman–Crippen LogP) is 2.44. The Morgan fingerprint density at radius 1 is 1.25 bits per heavy atom. The Labute approximate surface area is 120 Å². The highest BCUT2D eigenvalue weighted by Gasteiger charge is 2.43. The summed E-state index contributed by atoms with van der Waals surface area (Å²) < 4.78 is 17.3. The number of nitrogens with zero attached hydrogens (tertiary/aromatic N) is 1. The van der Waals surface area contributed by atoms with E-state index in [0.717, 1.165) is 38.6 Å². The van der Waals surface area contributed by atoms with Crippen LogP contribution in [0.4, 0.5) is 0 Å². The summed E-state index contributed by atoms with van der Waals surface area (Å²) in [6.07, 6.45) is 9.23. The molecule has 1 aromatic heterocycles. The second-order valence-corrected chi connectivity index (χ2v) is 6.40. The average Bonchev–Trinajstić information content (AvgIpc) is 2.98. The van der Waals surface area contributed by atoms with Crippen molar-refractivity contribution in [2.45, 2.75) is 50.5 Å². The maximum absolute atomic E-state index is 6.11. The highest BCUT2D eigenvalue weighted by atomic mass is 16.5. The van der Waals surface area contributed by atoms with E-state index in [1.54, 1.807) is 6.26 Å². The van der Waals surface area contributed by atoms with Crippen LogP contribution in [-0.2, 0) is 16.0 Å². The molecule has 4 rings (SSSR count). The van der Waals surface area contributed by atoms with Crippen molar-refractivity contribution in [3.8, 4) is 0 Å². The maximum atomic E-state index is 6.11. The van der Waals surface area contributed by atoms with Crippen LogP contribution in [0.3, 0.4) is 0 Å². The Hall–Kier alpha value is -0.840. The van der Waals surface area contributed by atoms with Crippen LogP contribution in [-0.4, -0.2) is 42.9 Å². The van der Waals surface area contributed by atoms with Gasteiger partial charge in [0.05, 0.1) is 31.3 Å². The van der Waals surface area contributed by atoms with Gasteiger partial charge in [-0.2, -0.15) is 0 Å². The van der Waals surface area contributed by atoms with E-state index in [2.05, 4.69) is 11.0 Å². The fraction of sp³-hybridized carbons (Fsp3) is 0.750. The molecule has 0 unspecified atom stereocenters. The second-order valence-electron chi connectivity index (χ2n) is 6.40. The van der Waals surface area contributed by atoms with Crippen molar-refractivity contribution in [2.24, 2.45) is 5.92 Å². The third kappa shape index (κ3) is 2.65. The summed E-state index contributed by atoms with van der Waals surface area (Å²) in [5, 5.41) is 0. The minimum atomic E-state index is 0.273. The van der Waals surface area contributed by atoms with Gasteiger partial charge in [0.1, 0.15) is 0 Å². The molecule has 2 heterocycles. The van der Waals surface area contributed by atoms with Gasteiger partial charge in [0.2, 0.25) is 0 Å². The van der Waals surface area contributed by atoms with E-state index in [0.29, 0.717) is 12.1 Å². The molecular weight excluding hydrogens is 254 g/mol. The van der Waals surface area contributed by atoms with E-state index in [4.69, 9.17) is 13.9 Å². The molecule has 1 aliphatic heterocycles. The maximum Gasteiger partial charge on any atom is 0.0992 e. The van der Waals surface area contributed by atoms with Crippen molar-refractivity contribution < 1.29 is 13.9 Å². The van der Waals surface area contributed by atoms with Crippen molar-refractivity contribution >= 4 is 0 Å². The number of rotatable bonds is 5. The zero-order valence-corrected chi connectivity index (χ0v) is 11.9.